The quantitative estimate of drug-likeness (QED) is 0.877. The van der Waals surface area contributed by atoms with Crippen molar-refractivity contribution in [2.75, 3.05) is 13.1 Å². The number of nitrogens with one attached hydrogen (secondary N) is 1. The smallest absolute Gasteiger partial charge is 0.120 e. The number of aryl methyl sites for hydroxylation is 1. The van der Waals surface area contributed by atoms with E-state index in [-0.39, 0.29) is 0 Å². The molecule has 1 aromatic carbocycles. The molecule has 76 valence electrons. The highest BCUT2D eigenvalue weighted by molar-refractivity contribution is 9.10. The molecule has 1 fully saturated rings. The van der Waals surface area contributed by atoms with Crippen molar-refractivity contribution < 1.29 is 4.74 Å². The largest absolute Gasteiger partial charge is 0.489 e. The number of hydrogen-bond acceptors (Lipinski definition) is 2. The van der Waals surface area contributed by atoms with Crippen LogP contribution in [0, 0.1) is 6.92 Å². The zero-order chi connectivity index (χ0) is 9.97. The highest BCUT2D eigenvalue weighted by Gasteiger charge is 2.15. The van der Waals surface area contributed by atoms with E-state index in [1.165, 1.54) is 5.56 Å². The molecule has 0 radical (unpaired) electrons. The molecule has 14 heavy (non-hydrogen) atoms. The van der Waals surface area contributed by atoms with E-state index in [0.717, 1.165) is 29.7 Å². The molecule has 1 heterocycles. The molecule has 0 bridgehead atoms. The van der Waals surface area contributed by atoms with Gasteiger partial charge in [0.1, 0.15) is 11.9 Å². The van der Waals surface area contributed by atoms with Gasteiger partial charge in [0, 0.05) is 11.0 Å². The van der Waals surface area contributed by atoms with E-state index in [1.807, 2.05) is 12.1 Å². The summed E-state index contributed by atoms with van der Waals surface area (Å²) in [6.45, 7) is 4.11. The van der Waals surface area contributed by atoms with E-state index in [4.69, 9.17) is 4.74 Å². The van der Waals surface area contributed by atoms with Gasteiger partial charge < -0.3 is 10.1 Å². The first-order chi connectivity index (χ1) is 6.75. The molecule has 3 heteroatoms. The Morgan fingerprint density at radius 3 is 3.00 bits per heavy atom. The van der Waals surface area contributed by atoms with Crippen molar-refractivity contribution in [2.24, 2.45) is 0 Å². The maximum absolute atomic E-state index is 5.83. The minimum absolute atomic E-state index is 0.343. The Kier molecular flexibility index (Phi) is 3.08. The van der Waals surface area contributed by atoms with Crippen molar-refractivity contribution in [3.8, 4) is 5.75 Å². The summed E-state index contributed by atoms with van der Waals surface area (Å²) >= 11 is 3.47. The van der Waals surface area contributed by atoms with Gasteiger partial charge in [0.2, 0.25) is 0 Å². The summed E-state index contributed by atoms with van der Waals surface area (Å²) in [6, 6.07) is 6.12. The molecule has 2 nitrogen and oxygen atoms in total. The van der Waals surface area contributed by atoms with E-state index in [1.54, 1.807) is 0 Å². The first kappa shape index (κ1) is 9.99. The normalized spacial score (nSPS) is 21.1. The Hall–Kier alpha value is -0.540. The third-order valence-corrected chi connectivity index (χ3v) is 3.34. The topological polar surface area (TPSA) is 21.3 Å². The van der Waals surface area contributed by atoms with Crippen molar-refractivity contribution in [3.05, 3.63) is 28.2 Å². The van der Waals surface area contributed by atoms with Crippen LogP contribution in [0.2, 0.25) is 0 Å². The minimum atomic E-state index is 0.343. The maximum atomic E-state index is 5.83. The van der Waals surface area contributed by atoms with Crippen LogP contribution in [0.1, 0.15) is 12.0 Å². The average Bonchev–Trinajstić information content (AvgIpc) is 2.64. The fraction of sp³-hybridized carbons (Fsp3) is 0.455. The summed E-state index contributed by atoms with van der Waals surface area (Å²) < 4.78 is 6.96. The monoisotopic (exact) mass is 255 g/mol. The highest BCUT2D eigenvalue weighted by Crippen LogP contribution is 2.23. The summed E-state index contributed by atoms with van der Waals surface area (Å²) in [7, 11) is 0. The molecule has 2 rings (SSSR count). The van der Waals surface area contributed by atoms with E-state index in [2.05, 4.69) is 34.2 Å². The minimum Gasteiger partial charge on any atom is -0.489 e. The molecule has 0 aliphatic carbocycles. The van der Waals surface area contributed by atoms with Gasteiger partial charge in [-0.2, -0.15) is 0 Å². The van der Waals surface area contributed by atoms with Gasteiger partial charge in [0.15, 0.2) is 0 Å². The summed E-state index contributed by atoms with van der Waals surface area (Å²) in [5, 5.41) is 3.28. The molecular formula is C11H14BrNO. The lowest BCUT2D eigenvalue weighted by Crippen LogP contribution is -2.19. The van der Waals surface area contributed by atoms with E-state index >= 15 is 0 Å². The fourth-order valence-corrected chi connectivity index (χ4v) is 1.86. The number of rotatable bonds is 2. The van der Waals surface area contributed by atoms with Crippen molar-refractivity contribution in [1.82, 2.24) is 5.32 Å². The first-order valence-corrected chi connectivity index (χ1v) is 5.68. The Balaban J connectivity index is 2.05. The molecule has 0 amide bonds. The molecule has 0 saturated carbocycles. The van der Waals surface area contributed by atoms with Crippen LogP contribution in [0.4, 0.5) is 0 Å². The third kappa shape index (κ3) is 2.28. The average molecular weight is 256 g/mol. The zero-order valence-corrected chi connectivity index (χ0v) is 9.80. The fourth-order valence-electron chi connectivity index (χ4n) is 1.61. The van der Waals surface area contributed by atoms with Crippen LogP contribution < -0.4 is 10.1 Å². The lowest BCUT2D eigenvalue weighted by molar-refractivity contribution is 0.223. The Bertz CT molecular complexity index is 321. The molecule has 1 atom stereocenters. The lowest BCUT2D eigenvalue weighted by atomic mass is 10.2. The van der Waals surface area contributed by atoms with Gasteiger partial charge >= 0.3 is 0 Å². The Morgan fingerprint density at radius 1 is 1.50 bits per heavy atom. The van der Waals surface area contributed by atoms with Crippen LogP contribution in [0.15, 0.2) is 22.7 Å². The molecule has 1 N–H and O–H groups in total. The molecule has 1 aliphatic heterocycles. The lowest BCUT2D eigenvalue weighted by Gasteiger charge is -2.13. The highest BCUT2D eigenvalue weighted by atomic mass is 79.9. The van der Waals surface area contributed by atoms with Crippen LogP contribution in [0.25, 0.3) is 0 Å². The van der Waals surface area contributed by atoms with Crippen LogP contribution in [0.5, 0.6) is 5.75 Å². The predicted octanol–water partition coefficient (Wildman–Crippen LogP) is 2.50. The molecule has 0 aromatic heterocycles. The van der Waals surface area contributed by atoms with Crippen LogP contribution in [-0.2, 0) is 0 Å². The summed E-state index contributed by atoms with van der Waals surface area (Å²) in [5.41, 5.74) is 1.22. The summed E-state index contributed by atoms with van der Waals surface area (Å²) in [4.78, 5) is 0. The molecule has 0 unspecified atom stereocenters. The van der Waals surface area contributed by atoms with E-state index in [9.17, 15) is 0 Å². The number of benzene rings is 1. The van der Waals surface area contributed by atoms with Gasteiger partial charge in [-0.25, -0.2) is 0 Å². The van der Waals surface area contributed by atoms with Gasteiger partial charge in [0.25, 0.3) is 0 Å². The number of hydrogen-bond donors (Lipinski definition) is 1. The van der Waals surface area contributed by atoms with Gasteiger partial charge in [0.05, 0.1) is 0 Å². The van der Waals surface area contributed by atoms with Crippen molar-refractivity contribution in [3.63, 3.8) is 0 Å². The second-order valence-electron chi connectivity index (χ2n) is 3.64. The summed E-state index contributed by atoms with van der Waals surface area (Å²) in [5.74, 6) is 0.972. The second-order valence-corrected chi connectivity index (χ2v) is 4.50. The van der Waals surface area contributed by atoms with Gasteiger partial charge in [-0.1, -0.05) is 15.9 Å². The Morgan fingerprint density at radius 2 is 2.36 bits per heavy atom. The van der Waals surface area contributed by atoms with Gasteiger partial charge in [-0.3, -0.25) is 0 Å². The number of ether oxygens (including phenoxy) is 1. The standard InChI is InChI=1S/C11H14BrNO/c1-8-6-9(2-3-11(8)12)14-10-4-5-13-7-10/h2-3,6,10,13H,4-5,7H2,1H3/t10-/m0/s1. The SMILES string of the molecule is Cc1cc(O[C@H]2CCNC2)ccc1Br. The van der Waals surface area contributed by atoms with Crippen LogP contribution >= 0.6 is 15.9 Å². The van der Waals surface area contributed by atoms with Crippen LogP contribution in [0.3, 0.4) is 0 Å². The van der Waals surface area contributed by atoms with Crippen molar-refractivity contribution >= 4 is 15.9 Å². The summed E-state index contributed by atoms with van der Waals surface area (Å²) in [6.07, 6.45) is 1.45. The van der Waals surface area contributed by atoms with Gasteiger partial charge in [-0.15, -0.1) is 0 Å². The van der Waals surface area contributed by atoms with Crippen molar-refractivity contribution in [1.29, 1.82) is 0 Å². The van der Waals surface area contributed by atoms with Gasteiger partial charge in [-0.05, 0) is 43.7 Å². The van der Waals surface area contributed by atoms with E-state index in [0.29, 0.717) is 6.10 Å². The molecule has 1 aromatic rings. The molecule has 0 spiro atoms. The molecular weight excluding hydrogens is 242 g/mol. The zero-order valence-electron chi connectivity index (χ0n) is 8.22. The predicted molar refractivity (Wildman–Crippen MR) is 60.8 cm³/mol. The number of halogens is 1. The van der Waals surface area contributed by atoms with Crippen molar-refractivity contribution in [2.45, 2.75) is 19.4 Å². The van der Waals surface area contributed by atoms with E-state index < -0.39 is 0 Å². The second kappa shape index (κ2) is 4.32. The van der Waals surface area contributed by atoms with Crippen LogP contribution in [-0.4, -0.2) is 19.2 Å². The third-order valence-electron chi connectivity index (χ3n) is 2.45. The maximum Gasteiger partial charge on any atom is 0.120 e. The first-order valence-electron chi connectivity index (χ1n) is 4.89. The molecule has 1 aliphatic rings. The Labute approximate surface area is 92.8 Å². The molecule has 1 saturated heterocycles.